The Hall–Kier alpha value is -2.51. The van der Waals surface area contributed by atoms with Crippen LogP contribution in [-0.2, 0) is 16.0 Å². The van der Waals surface area contributed by atoms with Crippen molar-refractivity contribution in [2.75, 3.05) is 6.54 Å². The molecule has 8 nitrogen and oxygen atoms in total. The Balaban J connectivity index is 2.32. The van der Waals surface area contributed by atoms with Crippen molar-refractivity contribution in [1.82, 2.24) is 10.6 Å². The number of carboxylic acid groups (broad SMARTS) is 2. The molecule has 0 bridgehead atoms. The minimum atomic E-state index is -1.46. The number of nitrogens with one attached hydrogen (secondary N) is 2. The predicted molar refractivity (Wildman–Crippen MR) is 62.6 cm³/mol. The van der Waals surface area contributed by atoms with Crippen LogP contribution in [0, 0.1) is 0 Å². The van der Waals surface area contributed by atoms with Crippen molar-refractivity contribution in [3.05, 3.63) is 24.2 Å². The van der Waals surface area contributed by atoms with Crippen LogP contribution in [0.5, 0.6) is 0 Å². The third kappa shape index (κ3) is 5.57. The van der Waals surface area contributed by atoms with Gasteiger partial charge in [-0.2, -0.15) is 0 Å². The molecule has 104 valence electrons. The van der Waals surface area contributed by atoms with Crippen molar-refractivity contribution in [1.29, 1.82) is 0 Å². The summed E-state index contributed by atoms with van der Waals surface area (Å²) < 4.78 is 5.04. The minimum absolute atomic E-state index is 0.249. The second-order valence-electron chi connectivity index (χ2n) is 3.72. The number of amides is 2. The largest absolute Gasteiger partial charge is 0.481 e. The Morgan fingerprint density at radius 3 is 2.58 bits per heavy atom. The van der Waals surface area contributed by atoms with Crippen LogP contribution in [-0.4, -0.2) is 40.8 Å². The number of hydrogen-bond donors (Lipinski definition) is 4. The molecule has 1 heterocycles. The van der Waals surface area contributed by atoms with Crippen molar-refractivity contribution in [2.45, 2.75) is 18.9 Å². The Kier molecular flexibility index (Phi) is 5.39. The zero-order valence-corrected chi connectivity index (χ0v) is 9.96. The van der Waals surface area contributed by atoms with Gasteiger partial charge in [-0.15, -0.1) is 0 Å². The van der Waals surface area contributed by atoms with Crippen LogP contribution in [0.15, 0.2) is 22.8 Å². The summed E-state index contributed by atoms with van der Waals surface area (Å²) in [5.74, 6) is -2.02. The average Bonchev–Trinajstić information content (AvgIpc) is 2.80. The Morgan fingerprint density at radius 1 is 1.32 bits per heavy atom. The molecule has 19 heavy (non-hydrogen) atoms. The SMILES string of the molecule is O=C(O)C[C@@H](NC(=O)NCCc1ccco1)C(=O)O. The van der Waals surface area contributed by atoms with Gasteiger partial charge in [-0.1, -0.05) is 0 Å². The Morgan fingerprint density at radius 2 is 2.05 bits per heavy atom. The van der Waals surface area contributed by atoms with E-state index >= 15 is 0 Å². The molecule has 1 atom stereocenters. The molecule has 0 radical (unpaired) electrons. The summed E-state index contributed by atoms with van der Waals surface area (Å²) in [4.78, 5) is 32.5. The van der Waals surface area contributed by atoms with Gasteiger partial charge in [0.25, 0.3) is 0 Å². The number of carbonyl (C=O) groups is 3. The third-order valence-electron chi connectivity index (χ3n) is 2.22. The van der Waals surface area contributed by atoms with Crippen molar-refractivity contribution in [3.63, 3.8) is 0 Å². The Labute approximate surface area is 108 Å². The van der Waals surface area contributed by atoms with Gasteiger partial charge in [-0.05, 0) is 12.1 Å². The monoisotopic (exact) mass is 270 g/mol. The molecule has 1 rings (SSSR count). The van der Waals surface area contributed by atoms with E-state index in [1.54, 1.807) is 12.1 Å². The van der Waals surface area contributed by atoms with Gasteiger partial charge in [0, 0.05) is 13.0 Å². The highest BCUT2D eigenvalue weighted by Gasteiger charge is 2.22. The zero-order valence-electron chi connectivity index (χ0n) is 9.96. The van der Waals surface area contributed by atoms with Crippen LogP contribution < -0.4 is 10.6 Å². The number of rotatable bonds is 7. The number of aliphatic carboxylic acids is 2. The normalized spacial score (nSPS) is 11.6. The summed E-state index contributed by atoms with van der Waals surface area (Å²) >= 11 is 0. The maximum Gasteiger partial charge on any atom is 0.326 e. The van der Waals surface area contributed by atoms with Gasteiger partial charge in [0.1, 0.15) is 11.8 Å². The van der Waals surface area contributed by atoms with E-state index in [-0.39, 0.29) is 6.54 Å². The zero-order chi connectivity index (χ0) is 14.3. The first-order chi connectivity index (χ1) is 8.99. The lowest BCUT2D eigenvalue weighted by molar-refractivity contribution is -0.145. The van der Waals surface area contributed by atoms with Gasteiger partial charge >= 0.3 is 18.0 Å². The molecule has 0 aromatic carbocycles. The summed E-state index contributed by atoms with van der Waals surface area (Å²) in [5, 5.41) is 21.7. The first-order valence-corrected chi connectivity index (χ1v) is 5.50. The lowest BCUT2D eigenvalue weighted by atomic mass is 10.2. The summed E-state index contributed by atoms with van der Waals surface area (Å²) in [6.45, 7) is 0.249. The van der Waals surface area contributed by atoms with Gasteiger partial charge < -0.3 is 25.3 Å². The maximum atomic E-state index is 11.4. The quantitative estimate of drug-likeness (QED) is 0.554. The lowest BCUT2D eigenvalue weighted by Crippen LogP contribution is -2.47. The fourth-order valence-corrected chi connectivity index (χ4v) is 1.34. The number of urea groups is 1. The highest BCUT2D eigenvalue weighted by atomic mass is 16.4. The Bertz CT molecular complexity index is 442. The fourth-order valence-electron chi connectivity index (χ4n) is 1.34. The molecule has 8 heteroatoms. The first-order valence-electron chi connectivity index (χ1n) is 5.50. The molecule has 0 unspecified atom stereocenters. The summed E-state index contributed by atoms with van der Waals surface area (Å²) in [6.07, 6.45) is 1.28. The fraction of sp³-hybridized carbons (Fsp3) is 0.364. The van der Waals surface area contributed by atoms with E-state index in [0.717, 1.165) is 0 Å². The first kappa shape index (κ1) is 14.6. The van der Waals surface area contributed by atoms with Crippen molar-refractivity contribution in [3.8, 4) is 0 Å². The van der Waals surface area contributed by atoms with Gasteiger partial charge in [0.2, 0.25) is 0 Å². The van der Waals surface area contributed by atoms with E-state index in [1.807, 2.05) is 0 Å². The van der Waals surface area contributed by atoms with E-state index < -0.39 is 30.4 Å². The molecule has 0 saturated heterocycles. The van der Waals surface area contributed by atoms with Crippen LogP contribution in [0.1, 0.15) is 12.2 Å². The standard InChI is InChI=1S/C11H14N2O6/c14-9(15)6-8(10(16)17)13-11(18)12-4-3-7-2-1-5-19-7/h1-2,5,8H,3-4,6H2,(H,14,15)(H,16,17)(H2,12,13,18)/t8-/m1/s1. The molecule has 0 saturated carbocycles. The molecule has 1 aromatic heterocycles. The highest BCUT2D eigenvalue weighted by Crippen LogP contribution is 1.99. The number of hydrogen-bond acceptors (Lipinski definition) is 4. The lowest BCUT2D eigenvalue weighted by Gasteiger charge is -2.12. The number of furan rings is 1. The molecule has 0 aliphatic rings. The van der Waals surface area contributed by atoms with Crippen LogP contribution in [0.25, 0.3) is 0 Å². The van der Waals surface area contributed by atoms with E-state index in [2.05, 4.69) is 10.6 Å². The molecule has 0 aliphatic carbocycles. The van der Waals surface area contributed by atoms with Crippen LogP contribution in [0.4, 0.5) is 4.79 Å². The maximum absolute atomic E-state index is 11.4. The van der Waals surface area contributed by atoms with E-state index in [9.17, 15) is 14.4 Å². The molecule has 0 spiro atoms. The van der Waals surface area contributed by atoms with E-state index in [4.69, 9.17) is 14.6 Å². The minimum Gasteiger partial charge on any atom is -0.481 e. The van der Waals surface area contributed by atoms with Crippen LogP contribution in [0.2, 0.25) is 0 Å². The number of carbonyl (C=O) groups excluding carboxylic acids is 1. The second kappa shape index (κ2) is 7.04. The number of carboxylic acids is 2. The van der Waals surface area contributed by atoms with Gasteiger partial charge in [0.05, 0.1) is 12.7 Å². The third-order valence-corrected chi connectivity index (χ3v) is 2.22. The van der Waals surface area contributed by atoms with Gasteiger partial charge in [-0.3, -0.25) is 4.79 Å². The molecule has 0 aliphatic heterocycles. The van der Waals surface area contributed by atoms with Gasteiger partial charge in [-0.25, -0.2) is 9.59 Å². The van der Waals surface area contributed by atoms with Crippen LogP contribution >= 0.6 is 0 Å². The molecule has 4 N–H and O–H groups in total. The van der Waals surface area contributed by atoms with Crippen molar-refractivity contribution < 1.29 is 29.0 Å². The average molecular weight is 270 g/mol. The summed E-state index contributed by atoms with van der Waals surface area (Å²) in [7, 11) is 0. The van der Waals surface area contributed by atoms with Crippen LogP contribution in [0.3, 0.4) is 0 Å². The van der Waals surface area contributed by atoms with E-state index in [0.29, 0.717) is 12.2 Å². The highest BCUT2D eigenvalue weighted by molar-refractivity contribution is 5.86. The second-order valence-corrected chi connectivity index (χ2v) is 3.72. The molecular weight excluding hydrogens is 256 g/mol. The van der Waals surface area contributed by atoms with Gasteiger partial charge in [0.15, 0.2) is 0 Å². The molecular formula is C11H14N2O6. The van der Waals surface area contributed by atoms with Crippen molar-refractivity contribution >= 4 is 18.0 Å². The summed E-state index contributed by atoms with van der Waals surface area (Å²) in [6, 6.07) is 1.26. The topological polar surface area (TPSA) is 129 Å². The van der Waals surface area contributed by atoms with Crippen molar-refractivity contribution in [2.24, 2.45) is 0 Å². The summed E-state index contributed by atoms with van der Waals surface area (Å²) in [5.41, 5.74) is 0. The molecule has 0 fully saturated rings. The predicted octanol–water partition coefficient (Wildman–Crippen LogP) is 0.0492. The van der Waals surface area contributed by atoms with E-state index in [1.165, 1.54) is 6.26 Å². The smallest absolute Gasteiger partial charge is 0.326 e. The molecule has 1 aromatic rings. The molecule has 2 amide bonds.